The van der Waals surface area contributed by atoms with E-state index in [1.165, 1.54) is 42.5 Å². The first-order chi connectivity index (χ1) is 13.2. The molecular weight excluding hydrogens is 413 g/mol. The van der Waals surface area contributed by atoms with Gasteiger partial charge >= 0.3 is 5.51 Å². The molecule has 150 valence electrons. The third-order valence-electron chi connectivity index (χ3n) is 3.87. The number of amides is 2. The smallest absolute Gasteiger partial charge is 0.339 e. The first-order valence-electron chi connectivity index (χ1n) is 8.41. The summed E-state index contributed by atoms with van der Waals surface area (Å²) < 4.78 is 38.1. The SMILES string of the molecule is CCN(CC)C(=O)c1ccc(NC(=O)c2ccccc2SC(F)(F)F)cc1Cl. The number of hydrogen-bond acceptors (Lipinski definition) is 3. The van der Waals surface area contributed by atoms with Gasteiger partial charge in [-0.2, -0.15) is 13.2 Å². The van der Waals surface area contributed by atoms with Crippen LogP contribution >= 0.6 is 23.4 Å². The summed E-state index contributed by atoms with van der Waals surface area (Å²) in [5.74, 6) is -0.939. The molecule has 2 rings (SSSR count). The lowest BCUT2D eigenvalue weighted by Crippen LogP contribution is -2.30. The van der Waals surface area contributed by atoms with Gasteiger partial charge in [-0.15, -0.1) is 0 Å². The maximum atomic E-state index is 12.7. The number of nitrogens with one attached hydrogen (secondary N) is 1. The van der Waals surface area contributed by atoms with Gasteiger partial charge in [0, 0.05) is 23.7 Å². The van der Waals surface area contributed by atoms with E-state index in [1.54, 1.807) is 4.90 Å². The fourth-order valence-electron chi connectivity index (χ4n) is 2.51. The van der Waals surface area contributed by atoms with Crippen LogP contribution < -0.4 is 5.32 Å². The maximum absolute atomic E-state index is 12.7. The van der Waals surface area contributed by atoms with Gasteiger partial charge in [0.25, 0.3) is 11.8 Å². The minimum atomic E-state index is -4.51. The fraction of sp³-hybridized carbons (Fsp3) is 0.263. The zero-order valence-corrected chi connectivity index (χ0v) is 16.7. The molecule has 28 heavy (non-hydrogen) atoms. The zero-order chi connectivity index (χ0) is 20.9. The molecule has 9 heteroatoms. The lowest BCUT2D eigenvalue weighted by Gasteiger charge is -2.19. The molecule has 0 aromatic heterocycles. The summed E-state index contributed by atoms with van der Waals surface area (Å²) in [5.41, 5.74) is -4.05. The number of halogens is 4. The molecule has 0 fully saturated rings. The zero-order valence-electron chi connectivity index (χ0n) is 15.1. The van der Waals surface area contributed by atoms with Gasteiger partial charge in [0.1, 0.15) is 0 Å². The van der Waals surface area contributed by atoms with Gasteiger partial charge < -0.3 is 10.2 Å². The highest BCUT2D eigenvalue weighted by molar-refractivity contribution is 8.00. The van der Waals surface area contributed by atoms with Gasteiger partial charge in [-0.25, -0.2) is 0 Å². The van der Waals surface area contributed by atoms with Gasteiger partial charge in [0.05, 0.1) is 16.1 Å². The number of hydrogen-bond donors (Lipinski definition) is 1. The van der Waals surface area contributed by atoms with Crippen molar-refractivity contribution >= 4 is 40.9 Å². The van der Waals surface area contributed by atoms with Gasteiger partial charge in [-0.1, -0.05) is 23.7 Å². The highest BCUT2D eigenvalue weighted by Crippen LogP contribution is 2.38. The predicted octanol–water partition coefficient (Wildman–Crippen LogP) is 5.69. The number of rotatable bonds is 6. The quantitative estimate of drug-likeness (QED) is 0.599. The van der Waals surface area contributed by atoms with E-state index in [2.05, 4.69) is 5.32 Å². The van der Waals surface area contributed by atoms with Crippen molar-refractivity contribution < 1.29 is 22.8 Å². The van der Waals surface area contributed by atoms with Gasteiger partial charge in [0.2, 0.25) is 0 Å². The van der Waals surface area contributed by atoms with Crippen LogP contribution in [-0.2, 0) is 0 Å². The lowest BCUT2D eigenvalue weighted by molar-refractivity contribution is -0.0328. The molecule has 0 saturated heterocycles. The van der Waals surface area contributed by atoms with Crippen molar-refractivity contribution in [3.63, 3.8) is 0 Å². The van der Waals surface area contributed by atoms with Crippen LogP contribution in [0.1, 0.15) is 34.6 Å². The Hall–Kier alpha value is -2.19. The molecule has 0 spiro atoms. The molecule has 0 atom stereocenters. The standard InChI is InChI=1S/C19H18ClF3N2O2S/c1-3-25(4-2)18(27)13-10-9-12(11-15(13)20)24-17(26)14-7-5-6-8-16(14)28-19(21,22)23/h5-11H,3-4H2,1-2H3,(H,24,26). The van der Waals surface area contributed by atoms with Crippen molar-refractivity contribution in [2.24, 2.45) is 0 Å². The minimum Gasteiger partial charge on any atom is -0.339 e. The van der Waals surface area contributed by atoms with Crippen LogP contribution in [0.5, 0.6) is 0 Å². The van der Waals surface area contributed by atoms with Crippen molar-refractivity contribution in [1.82, 2.24) is 4.90 Å². The van der Waals surface area contributed by atoms with Crippen LogP contribution in [0.3, 0.4) is 0 Å². The predicted molar refractivity (Wildman–Crippen MR) is 105 cm³/mol. The van der Waals surface area contributed by atoms with E-state index in [0.29, 0.717) is 13.1 Å². The molecule has 0 aliphatic heterocycles. The Kier molecular flexibility index (Phi) is 7.37. The number of alkyl halides is 3. The average molecular weight is 431 g/mol. The summed E-state index contributed by atoms with van der Waals surface area (Å²) in [6.07, 6.45) is 0. The van der Waals surface area contributed by atoms with Crippen molar-refractivity contribution in [1.29, 1.82) is 0 Å². The molecular formula is C19H18ClF3N2O2S. The topological polar surface area (TPSA) is 49.4 Å². The molecule has 0 saturated carbocycles. The number of carbonyl (C=O) groups is 2. The van der Waals surface area contributed by atoms with Gasteiger partial charge in [-0.3, -0.25) is 9.59 Å². The molecule has 0 aliphatic rings. The molecule has 0 heterocycles. The number of benzene rings is 2. The monoisotopic (exact) mass is 430 g/mol. The second kappa shape index (κ2) is 9.34. The fourth-order valence-corrected chi connectivity index (χ4v) is 3.44. The molecule has 0 aliphatic carbocycles. The number of carbonyl (C=O) groups excluding carboxylic acids is 2. The Labute approximate surface area is 170 Å². The molecule has 0 radical (unpaired) electrons. The summed E-state index contributed by atoms with van der Waals surface area (Å²) in [6.45, 7) is 4.75. The van der Waals surface area contributed by atoms with Crippen molar-refractivity contribution in [3.8, 4) is 0 Å². The van der Waals surface area contributed by atoms with Crippen LogP contribution in [0.25, 0.3) is 0 Å². The molecule has 4 nitrogen and oxygen atoms in total. The molecule has 2 aromatic rings. The minimum absolute atomic E-state index is 0.107. The summed E-state index contributed by atoms with van der Waals surface area (Å²) in [5, 5.41) is 2.67. The van der Waals surface area contributed by atoms with E-state index in [1.807, 2.05) is 13.8 Å². The van der Waals surface area contributed by atoms with Crippen LogP contribution in [0, 0.1) is 0 Å². The van der Waals surface area contributed by atoms with E-state index < -0.39 is 11.4 Å². The summed E-state index contributed by atoms with van der Waals surface area (Å²) >= 11 is 5.83. The van der Waals surface area contributed by atoms with E-state index in [9.17, 15) is 22.8 Å². The van der Waals surface area contributed by atoms with Gasteiger partial charge in [0.15, 0.2) is 0 Å². The van der Waals surface area contributed by atoms with Crippen LogP contribution in [0.4, 0.5) is 18.9 Å². The number of thioether (sulfide) groups is 1. The summed E-state index contributed by atoms with van der Waals surface area (Å²) in [4.78, 5) is 26.2. The first-order valence-corrected chi connectivity index (χ1v) is 9.60. The number of nitrogens with zero attached hydrogens (tertiary/aromatic N) is 1. The lowest BCUT2D eigenvalue weighted by atomic mass is 10.1. The Morgan fingerprint density at radius 2 is 1.71 bits per heavy atom. The second-order valence-corrected chi connectivity index (χ2v) is 7.18. The maximum Gasteiger partial charge on any atom is 0.446 e. The highest BCUT2D eigenvalue weighted by Gasteiger charge is 2.31. The number of anilines is 1. The largest absolute Gasteiger partial charge is 0.446 e. The highest BCUT2D eigenvalue weighted by atomic mass is 35.5. The van der Waals surface area contributed by atoms with E-state index >= 15 is 0 Å². The Morgan fingerprint density at radius 3 is 2.29 bits per heavy atom. The van der Waals surface area contributed by atoms with E-state index in [4.69, 9.17) is 11.6 Å². The Balaban J connectivity index is 2.22. The molecule has 2 amide bonds. The van der Waals surface area contributed by atoms with Crippen molar-refractivity contribution in [2.45, 2.75) is 24.3 Å². The Morgan fingerprint density at radius 1 is 1.07 bits per heavy atom. The van der Waals surface area contributed by atoms with E-state index in [-0.39, 0.29) is 44.4 Å². The first kappa shape index (κ1) is 22.1. The van der Waals surface area contributed by atoms with Crippen LogP contribution in [0.2, 0.25) is 5.02 Å². The third kappa shape index (κ3) is 5.65. The molecule has 1 N–H and O–H groups in total. The average Bonchev–Trinajstić information content (AvgIpc) is 2.61. The summed E-state index contributed by atoms with van der Waals surface area (Å²) in [6, 6.07) is 9.81. The van der Waals surface area contributed by atoms with Crippen molar-refractivity contribution in [3.05, 3.63) is 58.6 Å². The van der Waals surface area contributed by atoms with E-state index in [0.717, 1.165) is 0 Å². The molecule has 0 bridgehead atoms. The summed E-state index contributed by atoms with van der Waals surface area (Å²) in [7, 11) is 0. The normalized spacial score (nSPS) is 11.2. The van der Waals surface area contributed by atoms with Gasteiger partial charge in [-0.05, 0) is 55.9 Å². The van der Waals surface area contributed by atoms with Crippen molar-refractivity contribution in [2.75, 3.05) is 18.4 Å². The third-order valence-corrected chi connectivity index (χ3v) is 4.99. The van der Waals surface area contributed by atoms with Crippen LogP contribution in [0.15, 0.2) is 47.4 Å². The Bertz CT molecular complexity index is 870. The molecule has 2 aromatic carbocycles. The second-order valence-electron chi connectivity index (χ2n) is 5.67. The molecule has 0 unspecified atom stereocenters. The van der Waals surface area contributed by atoms with Crippen LogP contribution in [-0.4, -0.2) is 35.3 Å².